The molecule has 0 spiro atoms. The first kappa shape index (κ1) is 45.0. The van der Waals surface area contributed by atoms with Gasteiger partial charge in [-0.2, -0.15) is 0 Å². The molecule has 0 heterocycles. The van der Waals surface area contributed by atoms with Crippen molar-refractivity contribution >= 4 is 17.0 Å². The molecule has 38 valence electrons. The summed E-state index contributed by atoms with van der Waals surface area (Å²) in [5.74, 6) is 0. The van der Waals surface area contributed by atoms with Crippen molar-refractivity contribution in [2.45, 2.75) is 0 Å². The zero-order chi connectivity index (χ0) is 2.00. The molecule has 0 aliphatic carbocycles. The topological polar surface area (TPSA) is 51.7 Å². The first-order chi connectivity index (χ1) is 1.00. The van der Waals surface area contributed by atoms with E-state index in [1.165, 1.54) is 0 Å². The van der Waals surface area contributed by atoms with Gasteiger partial charge in [0.1, 0.15) is 0 Å². The first-order valence-electron chi connectivity index (χ1n) is 0.447. The Morgan fingerprint density at radius 3 is 1.17 bits per heavy atom. The standard InChI is InChI=1S/CH4O.2BrH.Na.H2O/c1-2;;;;/h2H,1H3;2*1H;;1H2/q;;;+1;/p-1. The molecule has 3 N–H and O–H groups in total. The van der Waals surface area contributed by atoms with E-state index in [2.05, 4.69) is 0 Å². The molecule has 0 unspecified atom stereocenters. The van der Waals surface area contributed by atoms with Crippen molar-refractivity contribution in [3.8, 4) is 0 Å². The molecule has 0 bridgehead atoms. The van der Waals surface area contributed by atoms with Crippen molar-refractivity contribution in [1.82, 2.24) is 0 Å². The van der Waals surface area contributed by atoms with E-state index in [-0.39, 0.29) is 69.0 Å². The Morgan fingerprint density at radius 1 is 1.17 bits per heavy atom. The molecule has 0 aliphatic rings. The second-order valence-corrected chi connectivity index (χ2v) is 0. The molecule has 0 atom stereocenters. The molecule has 0 saturated carbocycles. The minimum atomic E-state index is 0. The Labute approximate surface area is 80.5 Å². The van der Waals surface area contributed by atoms with Gasteiger partial charge in [-0.05, 0) is 0 Å². The third kappa shape index (κ3) is 39.6. The van der Waals surface area contributed by atoms with Gasteiger partial charge in [0.05, 0.1) is 0 Å². The summed E-state index contributed by atoms with van der Waals surface area (Å²) in [6, 6.07) is 0. The number of hydrogen-bond donors (Lipinski definition) is 1. The van der Waals surface area contributed by atoms with Crippen molar-refractivity contribution in [2.75, 3.05) is 7.11 Å². The third-order valence-electron chi connectivity index (χ3n) is 0. The van der Waals surface area contributed by atoms with Crippen molar-refractivity contribution in [2.24, 2.45) is 0 Å². The van der Waals surface area contributed by atoms with Crippen LogP contribution < -0.4 is 46.5 Å². The van der Waals surface area contributed by atoms with E-state index in [9.17, 15) is 0 Å². The summed E-state index contributed by atoms with van der Waals surface area (Å²) in [5.41, 5.74) is 0. The predicted octanol–water partition coefficient (Wildman–Crippen LogP) is -6.63. The van der Waals surface area contributed by atoms with Gasteiger partial charge in [-0.1, -0.05) is 0 Å². The summed E-state index contributed by atoms with van der Waals surface area (Å²) in [5, 5.41) is 7.00. The van der Waals surface area contributed by atoms with Gasteiger partial charge in [0.15, 0.2) is 0 Å². The fourth-order valence-electron chi connectivity index (χ4n) is 0. The maximum Gasteiger partial charge on any atom is 1.00 e. The molecular formula is CH7Br2NaO2. The van der Waals surface area contributed by atoms with Crippen LogP contribution in [-0.2, 0) is 0 Å². The van der Waals surface area contributed by atoms with E-state index < -0.39 is 0 Å². The zero-order valence-electron chi connectivity index (χ0n) is 3.73. The van der Waals surface area contributed by atoms with Crippen LogP contribution in [0.5, 0.6) is 0 Å². The maximum atomic E-state index is 7.00. The monoisotopic (exact) mass is 232 g/mol. The third-order valence-corrected chi connectivity index (χ3v) is 0. The van der Waals surface area contributed by atoms with E-state index in [0.29, 0.717) is 0 Å². The molecule has 0 radical (unpaired) electrons. The largest absolute Gasteiger partial charge is 1.00 e. The normalized spacial score (nSPS) is 1.00. The van der Waals surface area contributed by atoms with Crippen LogP contribution in [0.25, 0.3) is 0 Å². The number of rotatable bonds is 0. The van der Waals surface area contributed by atoms with Gasteiger partial charge in [-0.25, -0.2) is 0 Å². The van der Waals surface area contributed by atoms with Gasteiger partial charge >= 0.3 is 29.6 Å². The van der Waals surface area contributed by atoms with Gasteiger partial charge < -0.3 is 27.6 Å². The van der Waals surface area contributed by atoms with Crippen LogP contribution in [0.3, 0.4) is 0 Å². The van der Waals surface area contributed by atoms with E-state index in [1.807, 2.05) is 0 Å². The summed E-state index contributed by atoms with van der Waals surface area (Å²) in [6.07, 6.45) is 0. The van der Waals surface area contributed by atoms with Crippen LogP contribution in [0.2, 0.25) is 0 Å². The molecule has 0 amide bonds. The summed E-state index contributed by atoms with van der Waals surface area (Å²) < 4.78 is 0. The number of hydrogen-bond acceptors (Lipinski definition) is 1. The molecule has 0 rings (SSSR count). The first-order valence-corrected chi connectivity index (χ1v) is 0.447. The predicted molar refractivity (Wildman–Crippen MR) is 22.1 cm³/mol. The fourth-order valence-corrected chi connectivity index (χ4v) is 0. The minimum Gasteiger partial charge on any atom is -1.00 e. The Bertz CT molecular complexity index is 11.5. The second kappa shape index (κ2) is 67.3. The average Bonchev–Trinajstić information content (AvgIpc) is 1.00. The number of aliphatic hydroxyl groups excluding tert-OH is 1. The van der Waals surface area contributed by atoms with Crippen LogP contribution in [0.15, 0.2) is 0 Å². The van der Waals surface area contributed by atoms with Crippen LogP contribution >= 0.6 is 17.0 Å². The van der Waals surface area contributed by atoms with E-state index in [0.717, 1.165) is 7.11 Å². The van der Waals surface area contributed by atoms with Crippen LogP contribution in [0.1, 0.15) is 0 Å². The van der Waals surface area contributed by atoms with Crippen LogP contribution in [0, 0.1) is 0 Å². The zero-order valence-corrected chi connectivity index (χ0v) is 9.03. The molecule has 0 aliphatic heterocycles. The molecule has 0 fully saturated rings. The van der Waals surface area contributed by atoms with E-state index in [1.54, 1.807) is 0 Å². The Hall–Kier alpha value is 1.88. The quantitative estimate of drug-likeness (QED) is 0.416. The Balaban J connectivity index is -0.000000000833. The average molecular weight is 234 g/mol. The minimum absolute atomic E-state index is 0. The van der Waals surface area contributed by atoms with Gasteiger partial charge in [-0.3, -0.25) is 0 Å². The van der Waals surface area contributed by atoms with Gasteiger partial charge in [0, 0.05) is 7.11 Å². The van der Waals surface area contributed by atoms with Crippen molar-refractivity contribution in [3.63, 3.8) is 0 Å². The smallest absolute Gasteiger partial charge is 1.00 e. The Kier molecular flexibility index (Phi) is 504. The molecule has 6 heavy (non-hydrogen) atoms. The van der Waals surface area contributed by atoms with Gasteiger partial charge in [-0.15, -0.1) is 17.0 Å². The number of halogens is 2. The van der Waals surface area contributed by atoms with Gasteiger partial charge in [0.25, 0.3) is 0 Å². The maximum absolute atomic E-state index is 7.00. The van der Waals surface area contributed by atoms with Crippen molar-refractivity contribution in [3.05, 3.63) is 0 Å². The van der Waals surface area contributed by atoms with Crippen molar-refractivity contribution in [1.29, 1.82) is 0 Å². The van der Waals surface area contributed by atoms with Gasteiger partial charge in [0.2, 0.25) is 0 Å². The molecule has 2 nitrogen and oxygen atoms in total. The summed E-state index contributed by atoms with van der Waals surface area (Å²) in [6.45, 7) is 0. The summed E-state index contributed by atoms with van der Waals surface area (Å²) in [7, 11) is 1.00. The van der Waals surface area contributed by atoms with Crippen LogP contribution in [-0.4, -0.2) is 17.7 Å². The number of aliphatic hydroxyl groups is 1. The molecule has 0 aromatic rings. The van der Waals surface area contributed by atoms with Crippen LogP contribution in [0.4, 0.5) is 0 Å². The molecule has 5 heteroatoms. The van der Waals surface area contributed by atoms with E-state index >= 15 is 0 Å². The molecule has 0 saturated heterocycles. The molecular weight excluding hydrogens is 227 g/mol. The van der Waals surface area contributed by atoms with Crippen molar-refractivity contribution < 1.29 is 57.1 Å². The molecule has 0 aromatic heterocycles. The van der Waals surface area contributed by atoms with E-state index in [4.69, 9.17) is 5.11 Å². The second-order valence-electron chi connectivity index (χ2n) is 0. The Morgan fingerprint density at radius 2 is 1.17 bits per heavy atom. The fraction of sp³-hybridized carbons (Fsp3) is 1.00. The summed E-state index contributed by atoms with van der Waals surface area (Å²) >= 11 is 0. The SMILES string of the molecule is Br.CO.O.[Br-].[Na+]. The molecule has 0 aromatic carbocycles. The summed E-state index contributed by atoms with van der Waals surface area (Å²) in [4.78, 5) is 0.